The molecule has 7 heteroatoms. The van der Waals surface area contributed by atoms with Gasteiger partial charge >= 0.3 is 0 Å². The molecule has 1 aromatic heterocycles. The van der Waals surface area contributed by atoms with Gasteiger partial charge in [0, 0.05) is 5.02 Å². The van der Waals surface area contributed by atoms with Gasteiger partial charge in [-0.1, -0.05) is 23.7 Å². The number of hydrogen-bond donors (Lipinski definition) is 1. The number of fused-ring (bicyclic) bond motifs is 1. The second kappa shape index (κ2) is 7.84. The number of nitrogens with one attached hydrogen (secondary N) is 1. The lowest BCUT2D eigenvalue weighted by Crippen LogP contribution is -2.33. The highest BCUT2D eigenvalue weighted by molar-refractivity contribution is 7.18. The minimum atomic E-state index is -0.0800. The summed E-state index contributed by atoms with van der Waals surface area (Å²) in [4.78, 5) is 19.6. The van der Waals surface area contributed by atoms with Crippen molar-refractivity contribution in [2.45, 2.75) is 18.9 Å². The Morgan fingerprint density at radius 1 is 1.37 bits per heavy atom. The lowest BCUT2D eigenvalue weighted by molar-refractivity contribution is -0.117. The van der Waals surface area contributed by atoms with Crippen molar-refractivity contribution in [3.05, 3.63) is 52.5 Å². The summed E-state index contributed by atoms with van der Waals surface area (Å²) in [7, 11) is 1.57. The summed E-state index contributed by atoms with van der Waals surface area (Å²) < 4.78 is 6.49. The Kier molecular flexibility index (Phi) is 5.29. The van der Waals surface area contributed by atoms with Gasteiger partial charge in [0.15, 0.2) is 0 Å². The van der Waals surface area contributed by atoms with Crippen molar-refractivity contribution in [1.29, 1.82) is 0 Å². The number of likely N-dealkylation sites (tertiary alicyclic amines) is 1. The van der Waals surface area contributed by atoms with E-state index in [1.165, 1.54) is 4.70 Å². The fourth-order valence-corrected chi connectivity index (χ4v) is 4.79. The van der Waals surface area contributed by atoms with E-state index in [9.17, 15) is 4.79 Å². The lowest BCUT2D eigenvalue weighted by atomic mass is 10.2. The van der Waals surface area contributed by atoms with Gasteiger partial charge in [-0.2, -0.15) is 0 Å². The third kappa shape index (κ3) is 3.93. The molecule has 2 aromatic carbocycles. The molecule has 1 aliphatic heterocycles. The van der Waals surface area contributed by atoms with Crippen LogP contribution in [0.4, 0.5) is 5.69 Å². The van der Waals surface area contributed by atoms with E-state index in [0.717, 1.165) is 29.9 Å². The van der Waals surface area contributed by atoms with Crippen molar-refractivity contribution >= 4 is 44.7 Å². The van der Waals surface area contributed by atoms with Crippen LogP contribution in [0.3, 0.4) is 0 Å². The normalized spacial score (nSPS) is 17.3. The van der Waals surface area contributed by atoms with E-state index in [0.29, 0.717) is 23.0 Å². The molecule has 1 saturated heterocycles. The summed E-state index contributed by atoms with van der Waals surface area (Å²) in [6, 6.07) is 13.5. The van der Waals surface area contributed by atoms with Crippen molar-refractivity contribution in [1.82, 2.24) is 9.88 Å². The fraction of sp³-hybridized carbons (Fsp3) is 0.300. The molecule has 140 valence electrons. The van der Waals surface area contributed by atoms with Crippen molar-refractivity contribution < 1.29 is 9.53 Å². The van der Waals surface area contributed by atoms with Crippen molar-refractivity contribution in [3.8, 4) is 5.75 Å². The maximum atomic E-state index is 12.6. The summed E-state index contributed by atoms with van der Waals surface area (Å²) in [6.45, 7) is 1.21. The number of rotatable bonds is 5. The van der Waals surface area contributed by atoms with Crippen LogP contribution in [0, 0.1) is 0 Å². The number of aromatic nitrogens is 1. The van der Waals surface area contributed by atoms with Gasteiger partial charge < -0.3 is 10.1 Å². The van der Waals surface area contributed by atoms with Crippen LogP contribution in [0.1, 0.15) is 23.9 Å². The standard InChI is InChI=1S/C20H20ClN3O2S/c1-26-17-9-8-13(21)11-15(17)22-19(25)12-24-10-4-6-16(24)20-23-14-5-2-3-7-18(14)27-20/h2-3,5,7-9,11,16H,4,6,10,12H2,1H3,(H,22,25)/t16-/m1/s1. The lowest BCUT2D eigenvalue weighted by Gasteiger charge is -2.22. The number of amides is 1. The van der Waals surface area contributed by atoms with Gasteiger partial charge in [-0.3, -0.25) is 9.69 Å². The smallest absolute Gasteiger partial charge is 0.238 e. The van der Waals surface area contributed by atoms with Crippen molar-refractivity contribution in [2.75, 3.05) is 25.5 Å². The van der Waals surface area contributed by atoms with E-state index >= 15 is 0 Å². The summed E-state index contributed by atoms with van der Waals surface area (Å²) in [5.74, 6) is 0.514. The van der Waals surface area contributed by atoms with Crippen LogP contribution in [0.15, 0.2) is 42.5 Å². The van der Waals surface area contributed by atoms with E-state index < -0.39 is 0 Å². The Morgan fingerprint density at radius 3 is 3.04 bits per heavy atom. The van der Waals surface area contributed by atoms with Gasteiger partial charge in [0.2, 0.25) is 5.91 Å². The number of nitrogens with zero attached hydrogens (tertiary/aromatic N) is 2. The number of anilines is 1. The minimum Gasteiger partial charge on any atom is -0.495 e. The zero-order chi connectivity index (χ0) is 18.8. The minimum absolute atomic E-state index is 0.0800. The van der Waals surface area contributed by atoms with Crippen LogP contribution in [0.5, 0.6) is 5.75 Å². The molecule has 1 atom stereocenters. The first kappa shape index (κ1) is 18.2. The molecular weight excluding hydrogens is 382 g/mol. The number of para-hydroxylation sites is 1. The van der Waals surface area contributed by atoms with E-state index in [1.54, 1.807) is 36.6 Å². The molecule has 0 spiro atoms. The van der Waals surface area contributed by atoms with E-state index in [2.05, 4.69) is 16.3 Å². The van der Waals surface area contributed by atoms with Crippen LogP contribution >= 0.6 is 22.9 Å². The Bertz CT molecular complexity index is 942. The van der Waals surface area contributed by atoms with Crippen LogP contribution in [-0.2, 0) is 4.79 Å². The van der Waals surface area contributed by atoms with Crippen molar-refractivity contribution in [2.24, 2.45) is 0 Å². The summed E-state index contributed by atoms with van der Waals surface area (Å²) in [5, 5.41) is 4.56. The Morgan fingerprint density at radius 2 is 2.22 bits per heavy atom. The highest BCUT2D eigenvalue weighted by atomic mass is 35.5. The quantitative estimate of drug-likeness (QED) is 0.671. The maximum absolute atomic E-state index is 12.6. The fourth-order valence-electron chi connectivity index (χ4n) is 3.48. The zero-order valence-corrected chi connectivity index (χ0v) is 16.5. The first-order valence-electron chi connectivity index (χ1n) is 8.87. The van der Waals surface area contributed by atoms with Crippen LogP contribution < -0.4 is 10.1 Å². The van der Waals surface area contributed by atoms with Gasteiger partial charge in [-0.15, -0.1) is 11.3 Å². The van der Waals surface area contributed by atoms with Gasteiger partial charge in [-0.05, 0) is 49.7 Å². The molecule has 0 aliphatic carbocycles. The number of benzene rings is 2. The molecule has 1 fully saturated rings. The first-order chi connectivity index (χ1) is 13.1. The molecule has 5 nitrogen and oxygen atoms in total. The second-order valence-electron chi connectivity index (χ2n) is 6.54. The summed E-state index contributed by atoms with van der Waals surface area (Å²) in [5.41, 5.74) is 1.61. The second-order valence-corrected chi connectivity index (χ2v) is 8.04. The van der Waals surface area contributed by atoms with Gasteiger partial charge in [0.25, 0.3) is 0 Å². The van der Waals surface area contributed by atoms with Crippen molar-refractivity contribution in [3.63, 3.8) is 0 Å². The number of hydrogen-bond acceptors (Lipinski definition) is 5. The Balaban J connectivity index is 1.48. The number of carbonyl (C=O) groups is 1. The average Bonchev–Trinajstić information content (AvgIpc) is 3.28. The third-order valence-electron chi connectivity index (χ3n) is 4.74. The largest absolute Gasteiger partial charge is 0.495 e. The van der Waals surface area contributed by atoms with Crippen LogP contribution in [0.25, 0.3) is 10.2 Å². The zero-order valence-electron chi connectivity index (χ0n) is 14.9. The maximum Gasteiger partial charge on any atom is 0.238 e. The van der Waals surface area contributed by atoms with Gasteiger partial charge in [0.1, 0.15) is 10.8 Å². The Labute approximate surface area is 166 Å². The Hall–Kier alpha value is -2.15. The third-order valence-corrected chi connectivity index (χ3v) is 6.11. The number of ether oxygens (including phenoxy) is 1. The molecule has 2 heterocycles. The van der Waals surface area contributed by atoms with E-state index in [-0.39, 0.29) is 11.9 Å². The van der Waals surface area contributed by atoms with Gasteiger partial charge in [-0.25, -0.2) is 4.98 Å². The number of carbonyl (C=O) groups excluding carboxylic acids is 1. The molecule has 0 bridgehead atoms. The number of thiazole rings is 1. The molecule has 1 aliphatic rings. The molecule has 0 saturated carbocycles. The van der Waals surface area contributed by atoms with Gasteiger partial charge in [0.05, 0.1) is 35.6 Å². The van der Waals surface area contributed by atoms with E-state index in [4.69, 9.17) is 21.3 Å². The molecule has 4 rings (SSSR count). The first-order valence-corrected chi connectivity index (χ1v) is 10.1. The summed E-state index contributed by atoms with van der Waals surface area (Å²) >= 11 is 7.76. The molecule has 1 N–H and O–H groups in total. The predicted molar refractivity (Wildman–Crippen MR) is 110 cm³/mol. The molecule has 3 aromatic rings. The van der Waals surface area contributed by atoms with Crippen LogP contribution in [-0.4, -0.2) is 36.0 Å². The highest BCUT2D eigenvalue weighted by Crippen LogP contribution is 2.36. The SMILES string of the molecule is COc1ccc(Cl)cc1NC(=O)CN1CCC[C@@H]1c1nc2ccccc2s1. The molecule has 0 unspecified atom stereocenters. The molecule has 1 amide bonds. The highest BCUT2D eigenvalue weighted by Gasteiger charge is 2.30. The predicted octanol–water partition coefficient (Wildman–Crippen LogP) is 4.73. The number of halogens is 1. The average molecular weight is 402 g/mol. The molecular formula is C20H20ClN3O2S. The molecule has 27 heavy (non-hydrogen) atoms. The monoisotopic (exact) mass is 401 g/mol. The molecule has 0 radical (unpaired) electrons. The van der Waals surface area contributed by atoms with Crippen LogP contribution in [0.2, 0.25) is 5.02 Å². The summed E-state index contributed by atoms with van der Waals surface area (Å²) in [6.07, 6.45) is 2.09. The van der Waals surface area contributed by atoms with E-state index in [1.807, 2.05) is 18.2 Å². The number of methoxy groups -OCH3 is 1. The topological polar surface area (TPSA) is 54.5 Å².